The van der Waals surface area contributed by atoms with Crippen LogP contribution in [-0.4, -0.2) is 27.7 Å². The molecule has 25 heavy (non-hydrogen) atoms. The molecule has 9 heteroatoms. The van der Waals surface area contributed by atoms with Gasteiger partial charge in [0, 0.05) is 19.3 Å². The van der Waals surface area contributed by atoms with Gasteiger partial charge in [0.25, 0.3) is 0 Å². The lowest BCUT2D eigenvalue weighted by molar-refractivity contribution is 0.0670. The van der Waals surface area contributed by atoms with Crippen molar-refractivity contribution in [3.05, 3.63) is 54.8 Å². The fraction of sp³-hybridized carbons (Fsp3) is 0.438. The highest BCUT2D eigenvalue weighted by Crippen LogP contribution is 2.26. The third kappa shape index (κ3) is 4.05. The lowest BCUT2D eigenvalue weighted by Crippen LogP contribution is -2.42. The van der Waals surface area contributed by atoms with Gasteiger partial charge >= 0.3 is 11.4 Å². The van der Waals surface area contributed by atoms with Gasteiger partial charge in [-0.3, -0.25) is 4.98 Å². The molecule has 2 heterocycles. The van der Waals surface area contributed by atoms with Crippen LogP contribution in [-0.2, 0) is 4.74 Å². The van der Waals surface area contributed by atoms with Crippen molar-refractivity contribution in [2.24, 2.45) is 0 Å². The zero-order valence-electron chi connectivity index (χ0n) is 13.6. The molecular formula is C16H18Cl2N4O3. The number of hydrogen-bond donors (Lipinski definition) is 2. The Kier molecular flexibility index (Phi) is 5.46. The van der Waals surface area contributed by atoms with Crippen LogP contribution in [0.3, 0.4) is 0 Å². The number of nitrogens with zero attached hydrogens (tertiary/aromatic N) is 2. The summed E-state index contributed by atoms with van der Waals surface area (Å²) in [6, 6.07) is 4.82. The average Bonchev–Trinajstić information content (AvgIpc) is 2.57. The van der Waals surface area contributed by atoms with Crippen LogP contribution in [0.25, 0.3) is 0 Å². The summed E-state index contributed by atoms with van der Waals surface area (Å²) < 4.78 is 6.43. The third-order valence-electron chi connectivity index (χ3n) is 4.21. The SMILES string of the molecule is C[C@H](Nc1nc(=O)n(C2CCOCC2)c(=O)[nH]1)c1ccc(Cl)c(Cl)c1. The summed E-state index contributed by atoms with van der Waals surface area (Å²) in [7, 11) is 0. The van der Waals surface area contributed by atoms with E-state index in [1.165, 1.54) is 0 Å². The Morgan fingerprint density at radius 2 is 2.00 bits per heavy atom. The molecule has 0 bridgehead atoms. The van der Waals surface area contributed by atoms with Gasteiger partial charge in [0.15, 0.2) is 0 Å². The van der Waals surface area contributed by atoms with Crippen LogP contribution >= 0.6 is 23.2 Å². The summed E-state index contributed by atoms with van der Waals surface area (Å²) in [5.41, 5.74) is -0.194. The van der Waals surface area contributed by atoms with Crippen molar-refractivity contribution in [3.63, 3.8) is 0 Å². The number of rotatable bonds is 4. The van der Waals surface area contributed by atoms with E-state index < -0.39 is 11.4 Å². The number of benzene rings is 1. The quantitative estimate of drug-likeness (QED) is 0.845. The minimum atomic E-state index is -0.570. The Balaban J connectivity index is 1.82. The first-order chi connectivity index (χ1) is 12.0. The number of halogens is 2. The molecule has 134 valence electrons. The zero-order chi connectivity index (χ0) is 18.0. The van der Waals surface area contributed by atoms with E-state index in [0.717, 1.165) is 10.1 Å². The zero-order valence-corrected chi connectivity index (χ0v) is 15.1. The highest BCUT2D eigenvalue weighted by atomic mass is 35.5. The molecule has 0 saturated carbocycles. The minimum Gasteiger partial charge on any atom is -0.381 e. The lowest BCUT2D eigenvalue weighted by Gasteiger charge is -2.23. The van der Waals surface area contributed by atoms with Crippen molar-refractivity contribution >= 4 is 29.2 Å². The maximum Gasteiger partial charge on any atom is 0.355 e. The number of aromatic nitrogens is 3. The van der Waals surface area contributed by atoms with Gasteiger partial charge in [-0.15, -0.1) is 0 Å². The molecule has 1 aliphatic rings. The van der Waals surface area contributed by atoms with Crippen molar-refractivity contribution in [1.29, 1.82) is 0 Å². The molecule has 1 saturated heterocycles. The van der Waals surface area contributed by atoms with Gasteiger partial charge in [-0.2, -0.15) is 4.98 Å². The van der Waals surface area contributed by atoms with Gasteiger partial charge in [0.2, 0.25) is 5.95 Å². The van der Waals surface area contributed by atoms with E-state index in [4.69, 9.17) is 27.9 Å². The fourth-order valence-electron chi connectivity index (χ4n) is 2.83. The normalized spacial score (nSPS) is 16.6. The lowest BCUT2D eigenvalue weighted by atomic mass is 10.1. The first-order valence-electron chi connectivity index (χ1n) is 7.98. The molecular weight excluding hydrogens is 367 g/mol. The van der Waals surface area contributed by atoms with E-state index in [9.17, 15) is 9.59 Å². The Morgan fingerprint density at radius 3 is 2.64 bits per heavy atom. The summed E-state index contributed by atoms with van der Waals surface area (Å²) in [4.78, 5) is 31.2. The van der Waals surface area contributed by atoms with Crippen molar-refractivity contribution in [2.75, 3.05) is 18.5 Å². The molecule has 0 aliphatic carbocycles. The summed E-state index contributed by atoms with van der Waals surface area (Å²) >= 11 is 11.9. The average molecular weight is 385 g/mol. The minimum absolute atomic E-state index is 0.122. The molecule has 1 atom stereocenters. The topological polar surface area (TPSA) is 89.0 Å². The highest BCUT2D eigenvalue weighted by molar-refractivity contribution is 6.42. The molecule has 1 aromatic heterocycles. The summed E-state index contributed by atoms with van der Waals surface area (Å²) in [6.45, 7) is 2.93. The second kappa shape index (κ2) is 7.59. The predicted octanol–water partition coefficient (Wildman–Crippen LogP) is 2.76. The smallest absolute Gasteiger partial charge is 0.355 e. The molecule has 0 amide bonds. The number of nitrogens with one attached hydrogen (secondary N) is 2. The van der Waals surface area contributed by atoms with Crippen molar-refractivity contribution < 1.29 is 4.74 Å². The van der Waals surface area contributed by atoms with E-state index >= 15 is 0 Å². The Morgan fingerprint density at radius 1 is 1.28 bits per heavy atom. The molecule has 0 unspecified atom stereocenters. The second-order valence-corrected chi connectivity index (χ2v) is 6.74. The first kappa shape index (κ1) is 18.0. The largest absolute Gasteiger partial charge is 0.381 e. The van der Waals surface area contributed by atoms with E-state index in [1.54, 1.807) is 12.1 Å². The monoisotopic (exact) mass is 384 g/mol. The maximum absolute atomic E-state index is 12.3. The van der Waals surface area contributed by atoms with Gasteiger partial charge in [-0.05, 0) is 37.5 Å². The van der Waals surface area contributed by atoms with Gasteiger partial charge in [-0.25, -0.2) is 14.2 Å². The van der Waals surface area contributed by atoms with Crippen LogP contribution in [0.4, 0.5) is 5.95 Å². The number of H-pyrrole nitrogens is 1. The molecule has 1 fully saturated rings. The van der Waals surface area contributed by atoms with Crippen molar-refractivity contribution in [3.8, 4) is 0 Å². The van der Waals surface area contributed by atoms with Crippen LogP contribution in [0.15, 0.2) is 27.8 Å². The van der Waals surface area contributed by atoms with Gasteiger partial charge < -0.3 is 10.1 Å². The van der Waals surface area contributed by atoms with Crippen molar-refractivity contribution in [2.45, 2.75) is 31.8 Å². The molecule has 0 radical (unpaired) electrons. The first-order valence-corrected chi connectivity index (χ1v) is 8.73. The molecule has 3 rings (SSSR count). The summed E-state index contributed by atoms with van der Waals surface area (Å²) in [5, 5.41) is 3.91. The number of anilines is 1. The van der Waals surface area contributed by atoms with Crippen LogP contribution in [0, 0.1) is 0 Å². The van der Waals surface area contributed by atoms with Gasteiger partial charge in [0.1, 0.15) is 0 Å². The standard InChI is InChI=1S/C16H18Cl2N4O3/c1-9(10-2-3-12(17)13(18)8-10)19-14-20-15(23)22(16(24)21-14)11-4-6-25-7-5-11/h2-3,8-9,11H,4-7H2,1H3,(H2,19,20,21,23,24)/t9-/m0/s1. The van der Waals surface area contributed by atoms with Crippen LogP contribution in [0.2, 0.25) is 10.0 Å². The Bertz CT molecular complexity index is 843. The van der Waals surface area contributed by atoms with Crippen molar-refractivity contribution in [1.82, 2.24) is 14.5 Å². The maximum atomic E-state index is 12.3. The number of aromatic amines is 1. The van der Waals surface area contributed by atoms with Crippen LogP contribution in [0.5, 0.6) is 0 Å². The highest BCUT2D eigenvalue weighted by Gasteiger charge is 2.20. The van der Waals surface area contributed by atoms with Crippen LogP contribution in [0.1, 0.15) is 37.4 Å². The van der Waals surface area contributed by atoms with Crippen LogP contribution < -0.4 is 16.7 Å². The fourth-order valence-corrected chi connectivity index (χ4v) is 3.14. The predicted molar refractivity (Wildman–Crippen MR) is 96.7 cm³/mol. The number of ether oxygens (including phenoxy) is 1. The Labute approximate surface area is 153 Å². The number of hydrogen-bond acceptors (Lipinski definition) is 5. The molecule has 2 aromatic rings. The van der Waals surface area contributed by atoms with Gasteiger partial charge in [0.05, 0.1) is 16.1 Å². The Hall–Kier alpha value is -1.83. The van der Waals surface area contributed by atoms with E-state index in [-0.39, 0.29) is 18.0 Å². The van der Waals surface area contributed by atoms with E-state index in [1.807, 2.05) is 13.0 Å². The second-order valence-electron chi connectivity index (χ2n) is 5.93. The molecule has 7 nitrogen and oxygen atoms in total. The van der Waals surface area contributed by atoms with E-state index in [2.05, 4.69) is 15.3 Å². The van der Waals surface area contributed by atoms with Gasteiger partial charge in [-0.1, -0.05) is 29.3 Å². The molecule has 1 aliphatic heterocycles. The van der Waals surface area contributed by atoms with E-state index in [0.29, 0.717) is 36.1 Å². The third-order valence-corrected chi connectivity index (χ3v) is 4.95. The summed E-state index contributed by atoms with van der Waals surface area (Å²) in [6.07, 6.45) is 1.24. The molecule has 0 spiro atoms. The molecule has 2 N–H and O–H groups in total. The molecule has 1 aromatic carbocycles. The summed E-state index contributed by atoms with van der Waals surface area (Å²) in [5.74, 6) is 0.122.